The Kier molecular flexibility index (Phi) is 4.34. The van der Waals surface area contributed by atoms with E-state index in [1.54, 1.807) is 24.3 Å². The molecule has 0 atom stereocenters. The number of hydrogen-bond acceptors (Lipinski definition) is 4. The highest BCUT2D eigenvalue weighted by atomic mass is 16.5. The summed E-state index contributed by atoms with van der Waals surface area (Å²) in [5.74, 6) is 0.141. The number of esters is 1. The number of rotatable bonds is 5. The zero-order valence-corrected chi connectivity index (χ0v) is 8.31. The smallest absolute Gasteiger partial charge is 0.311 e. The molecule has 0 fully saturated rings. The molecule has 0 unspecified atom stereocenters. The van der Waals surface area contributed by atoms with Crippen LogP contribution in [0.15, 0.2) is 24.3 Å². The van der Waals surface area contributed by atoms with E-state index in [0.29, 0.717) is 24.3 Å². The Bertz CT molecular complexity index is 332. The predicted octanol–water partition coefficient (Wildman–Crippen LogP) is 1.54. The van der Waals surface area contributed by atoms with E-state index in [1.807, 2.05) is 0 Å². The van der Waals surface area contributed by atoms with Crippen LogP contribution >= 0.6 is 0 Å². The molecule has 80 valence electrons. The lowest BCUT2D eigenvalue weighted by atomic mass is 10.2. The van der Waals surface area contributed by atoms with Gasteiger partial charge in [0, 0.05) is 18.5 Å². The molecule has 4 nitrogen and oxygen atoms in total. The van der Waals surface area contributed by atoms with Crippen LogP contribution < -0.4 is 10.5 Å². The zero-order chi connectivity index (χ0) is 11.1. The maximum absolute atomic E-state index is 11.2. The van der Waals surface area contributed by atoms with Crippen molar-refractivity contribution in [3.05, 3.63) is 24.3 Å². The molecular weight excluding hydrogens is 194 g/mol. The highest BCUT2D eigenvalue weighted by molar-refractivity contribution is 5.72. The number of nitrogen functional groups attached to an aromatic ring is 1. The third-order valence-electron chi connectivity index (χ3n) is 1.81. The molecule has 0 saturated carbocycles. The maximum Gasteiger partial charge on any atom is 0.311 e. The molecule has 0 amide bonds. The molecule has 15 heavy (non-hydrogen) atoms. The van der Waals surface area contributed by atoms with E-state index in [2.05, 4.69) is 0 Å². The lowest BCUT2D eigenvalue weighted by Gasteiger charge is -2.03. The number of ether oxygens (including phenoxy) is 1. The molecular formula is C11H13NO3. The van der Waals surface area contributed by atoms with Gasteiger partial charge in [0.15, 0.2) is 0 Å². The summed E-state index contributed by atoms with van der Waals surface area (Å²) >= 11 is 0. The van der Waals surface area contributed by atoms with Gasteiger partial charge in [-0.15, -0.1) is 0 Å². The van der Waals surface area contributed by atoms with Gasteiger partial charge in [-0.3, -0.25) is 4.79 Å². The number of hydrogen-bond donors (Lipinski definition) is 1. The first-order chi connectivity index (χ1) is 7.22. The highest BCUT2D eigenvalue weighted by Gasteiger charge is 2.03. The third-order valence-corrected chi connectivity index (χ3v) is 1.81. The Balaban J connectivity index is 2.37. The van der Waals surface area contributed by atoms with Crippen LogP contribution in [0.5, 0.6) is 5.75 Å². The third kappa shape index (κ3) is 4.26. The molecule has 4 heteroatoms. The quantitative estimate of drug-likeness (QED) is 0.261. The number of unbranched alkanes of at least 4 members (excludes halogenated alkanes) is 1. The van der Waals surface area contributed by atoms with Crippen LogP contribution in [0.1, 0.15) is 19.3 Å². The Hall–Kier alpha value is -1.84. The fourth-order valence-electron chi connectivity index (χ4n) is 1.05. The second kappa shape index (κ2) is 5.80. The highest BCUT2D eigenvalue weighted by Crippen LogP contribution is 2.13. The zero-order valence-electron chi connectivity index (χ0n) is 8.31. The summed E-state index contributed by atoms with van der Waals surface area (Å²) in [4.78, 5) is 21.2. The summed E-state index contributed by atoms with van der Waals surface area (Å²) in [5, 5.41) is 0. The summed E-state index contributed by atoms with van der Waals surface area (Å²) in [6.45, 7) is 0. The average Bonchev–Trinajstić information content (AvgIpc) is 2.22. The van der Waals surface area contributed by atoms with Gasteiger partial charge in [0.25, 0.3) is 0 Å². The van der Waals surface area contributed by atoms with Crippen molar-refractivity contribution in [2.24, 2.45) is 0 Å². The standard InChI is InChI=1S/C11H13NO3/c12-9-4-6-10(7-5-9)15-11(14)3-1-2-8-13/h4-8H,1-3,12H2. The molecule has 1 aromatic rings. The van der Waals surface area contributed by atoms with E-state index in [0.717, 1.165) is 6.29 Å². The molecule has 1 rings (SSSR count). The van der Waals surface area contributed by atoms with Crippen molar-refractivity contribution in [2.75, 3.05) is 5.73 Å². The molecule has 1 aromatic carbocycles. The van der Waals surface area contributed by atoms with Crippen molar-refractivity contribution < 1.29 is 14.3 Å². The number of aldehydes is 1. The van der Waals surface area contributed by atoms with Crippen molar-refractivity contribution >= 4 is 17.9 Å². The van der Waals surface area contributed by atoms with Gasteiger partial charge < -0.3 is 15.3 Å². The fraction of sp³-hybridized carbons (Fsp3) is 0.273. The van der Waals surface area contributed by atoms with E-state index in [4.69, 9.17) is 10.5 Å². The first kappa shape index (κ1) is 11.2. The maximum atomic E-state index is 11.2. The average molecular weight is 207 g/mol. The molecule has 0 radical (unpaired) electrons. The summed E-state index contributed by atoms with van der Waals surface area (Å²) in [6.07, 6.45) is 1.95. The van der Waals surface area contributed by atoms with Crippen molar-refractivity contribution in [1.29, 1.82) is 0 Å². The SMILES string of the molecule is Nc1ccc(OC(=O)CCCC=O)cc1. The van der Waals surface area contributed by atoms with Crippen LogP contribution in [0.3, 0.4) is 0 Å². The van der Waals surface area contributed by atoms with Gasteiger partial charge in [-0.1, -0.05) is 0 Å². The molecule has 0 aliphatic heterocycles. The number of anilines is 1. The fourth-order valence-corrected chi connectivity index (χ4v) is 1.05. The molecule has 2 N–H and O–H groups in total. The Morgan fingerprint density at radius 2 is 2.00 bits per heavy atom. The van der Waals surface area contributed by atoms with Gasteiger partial charge in [0.05, 0.1) is 0 Å². The Morgan fingerprint density at radius 1 is 1.33 bits per heavy atom. The van der Waals surface area contributed by atoms with E-state index >= 15 is 0 Å². The topological polar surface area (TPSA) is 69.4 Å². The Morgan fingerprint density at radius 3 is 2.60 bits per heavy atom. The van der Waals surface area contributed by atoms with Gasteiger partial charge in [0.2, 0.25) is 0 Å². The van der Waals surface area contributed by atoms with Crippen LogP contribution in [0, 0.1) is 0 Å². The van der Waals surface area contributed by atoms with Crippen LogP contribution in [-0.2, 0) is 9.59 Å². The lowest BCUT2D eigenvalue weighted by molar-refractivity contribution is -0.134. The first-order valence-electron chi connectivity index (χ1n) is 4.72. The van der Waals surface area contributed by atoms with E-state index in [9.17, 15) is 9.59 Å². The second-order valence-corrected chi connectivity index (χ2v) is 3.10. The van der Waals surface area contributed by atoms with Gasteiger partial charge in [-0.25, -0.2) is 0 Å². The molecule has 0 saturated heterocycles. The van der Waals surface area contributed by atoms with Crippen molar-refractivity contribution in [1.82, 2.24) is 0 Å². The van der Waals surface area contributed by atoms with Gasteiger partial charge >= 0.3 is 5.97 Å². The molecule has 0 aliphatic carbocycles. The van der Waals surface area contributed by atoms with E-state index < -0.39 is 0 Å². The van der Waals surface area contributed by atoms with E-state index in [-0.39, 0.29) is 12.4 Å². The summed E-state index contributed by atoms with van der Waals surface area (Å²) in [5.41, 5.74) is 6.10. The molecule has 0 aliphatic rings. The number of benzene rings is 1. The number of nitrogens with two attached hydrogens (primary N) is 1. The van der Waals surface area contributed by atoms with Gasteiger partial charge in [0.1, 0.15) is 12.0 Å². The molecule has 0 spiro atoms. The van der Waals surface area contributed by atoms with Crippen LogP contribution in [0.4, 0.5) is 5.69 Å². The molecule has 0 aromatic heterocycles. The molecule has 0 heterocycles. The summed E-state index contributed by atoms with van der Waals surface area (Å²) in [6, 6.07) is 6.59. The number of carbonyl (C=O) groups excluding carboxylic acids is 2. The van der Waals surface area contributed by atoms with Crippen molar-refractivity contribution in [3.63, 3.8) is 0 Å². The second-order valence-electron chi connectivity index (χ2n) is 3.10. The van der Waals surface area contributed by atoms with Crippen molar-refractivity contribution in [3.8, 4) is 5.75 Å². The molecule has 0 bridgehead atoms. The normalized spacial score (nSPS) is 9.60. The van der Waals surface area contributed by atoms with Gasteiger partial charge in [-0.05, 0) is 30.7 Å². The minimum Gasteiger partial charge on any atom is -0.427 e. The monoisotopic (exact) mass is 207 g/mol. The van der Waals surface area contributed by atoms with Crippen LogP contribution in [-0.4, -0.2) is 12.3 Å². The minimum atomic E-state index is -0.332. The van der Waals surface area contributed by atoms with Gasteiger partial charge in [-0.2, -0.15) is 0 Å². The van der Waals surface area contributed by atoms with Crippen LogP contribution in [0.25, 0.3) is 0 Å². The minimum absolute atomic E-state index is 0.253. The first-order valence-corrected chi connectivity index (χ1v) is 4.72. The number of carbonyl (C=O) groups is 2. The van der Waals surface area contributed by atoms with Crippen molar-refractivity contribution in [2.45, 2.75) is 19.3 Å². The van der Waals surface area contributed by atoms with E-state index in [1.165, 1.54) is 0 Å². The van der Waals surface area contributed by atoms with Crippen LogP contribution in [0.2, 0.25) is 0 Å². The largest absolute Gasteiger partial charge is 0.427 e. The lowest BCUT2D eigenvalue weighted by Crippen LogP contribution is -2.07. The predicted molar refractivity (Wildman–Crippen MR) is 56.4 cm³/mol. The Labute approximate surface area is 88.0 Å². The summed E-state index contributed by atoms with van der Waals surface area (Å²) < 4.78 is 5.01. The summed E-state index contributed by atoms with van der Waals surface area (Å²) in [7, 11) is 0.